The quantitative estimate of drug-likeness (QED) is 0.697. The van der Waals surface area contributed by atoms with Crippen LogP contribution in [0.15, 0.2) is 18.5 Å². The number of hydrogen-bond donors (Lipinski definition) is 0. The standard InChI is InChI=1S/C10H9ClN2O2/c1-6-4-12-9-3-8(11)7(5-13(6)9)10(14)15-2/h3-5H,1-2H3. The van der Waals surface area contributed by atoms with Gasteiger partial charge in [0.25, 0.3) is 0 Å². The van der Waals surface area contributed by atoms with Gasteiger partial charge in [0.05, 0.1) is 17.7 Å². The summed E-state index contributed by atoms with van der Waals surface area (Å²) in [5.41, 5.74) is 1.99. The molecule has 0 aliphatic carbocycles. The molecule has 0 unspecified atom stereocenters. The molecule has 0 spiro atoms. The smallest absolute Gasteiger partial charge is 0.340 e. The van der Waals surface area contributed by atoms with Crippen molar-refractivity contribution in [1.82, 2.24) is 9.38 Å². The summed E-state index contributed by atoms with van der Waals surface area (Å²) in [6, 6.07) is 1.64. The molecule has 0 N–H and O–H groups in total. The van der Waals surface area contributed by atoms with Gasteiger partial charge in [-0.05, 0) is 6.92 Å². The van der Waals surface area contributed by atoms with Gasteiger partial charge < -0.3 is 9.14 Å². The number of methoxy groups -OCH3 is 1. The minimum atomic E-state index is -0.449. The molecule has 4 nitrogen and oxygen atoms in total. The Kier molecular flexibility index (Phi) is 2.36. The molecule has 0 aliphatic rings. The van der Waals surface area contributed by atoms with Gasteiger partial charge in [-0.2, -0.15) is 0 Å². The van der Waals surface area contributed by atoms with E-state index in [9.17, 15) is 4.79 Å². The van der Waals surface area contributed by atoms with Crippen LogP contribution < -0.4 is 0 Å². The first kappa shape index (κ1) is 9.98. The molecule has 0 amide bonds. The molecule has 5 heteroatoms. The molecule has 0 fully saturated rings. The third-order valence-electron chi connectivity index (χ3n) is 2.19. The topological polar surface area (TPSA) is 43.6 Å². The van der Waals surface area contributed by atoms with Crippen molar-refractivity contribution in [1.29, 1.82) is 0 Å². The van der Waals surface area contributed by atoms with Crippen LogP contribution in [0.3, 0.4) is 0 Å². The van der Waals surface area contributed by atoms with E-state index < -0.39 is 5.97 Å². The second-order valence-corrected chi connectivity index (χ2v) is 3.56. The molecule has 0 atom stereocenters. The van der Waals surface area contributed by atoms with E-state index in [2.05, 4.69) is 9.72 Å². The predicted molar refractivity (Wildman–Crippen MR) is 56.3 cm³/mol. The molecule has 0 aliphatic heterocycles. The van der Waals surface area contributed by atoms with Crippen LogP contribution in [-0.2, 0) is 4.74 Å². The number of hydrogen-bond acceptors (Lipinski definition) is 3. The highest BCUT2D eigenvalue weighted by atomic mass is 35.5. The fraction of sp³-hybridized carbons (Fsp3) is 0.200. The van der Waals surface area contributed by atoms with Crippen molar-refractivity contribution in [3.05, 3.63) is 34.7 Å². The van der Waals surface area contributed by atoms with Crippen molar-refractivity contribution in [2.24, 2.45) is 0 Å². The number of carbonyl (C=O) groups excluding carboxylic acids is 1. The van der Waals surface area contributed by atoms with Crippen molar-refractivity contribution < 1.29 is 9.53 Å². The van der Waals surface area contributed by atoms with Gasteiger partial charge in [0, 0.05) is 24.2 Å². The zero-order chi connectivity index (χ0) is 11.0. The number of aryl methyl sites for hydroxylation is 1. The average molecular weight is 225 g/mol. The van der Waals surface area contributed by atoms with Gasteiger partial charge >= 0.3 is 5.97 Å². The van der Waals surface area contributed by atoms with E-state index in [0.717, 1.165) is 5.69 Å². The number of esters is 1. The zero-order valence-corrected chi connectivity index (χ0v) is 9.08. The first-order valence-electron chi connectivity index (χ1n) is 4.35. The SMILES string of the molecule is COC(=O)c1cn2c(C)cnc2cc1Cl. The molecule has 2 aromatic rings. The van der Waals surface area contributed by atoms with Crippen LogP contribution in [0.5, 0.6) is 0 Å². The van der Waals surface area contributed by atoms with Gasteiger partial charge in [-0.1, -0.05) is 11.6 Å². The van der Waals surface area contributed by atoms with Crippen LogP contribution >= 0.6 is 11.6 Å². The van der Waals surface area contributed by atoms with Crippen molar-refractivity contribution in [3.8, 4) is 0 Å². The van der Waals surface area contributed by atoms with E-state index in [0.29, 0.717) is 16.2 Å². The normalized spacial score (nSPS) is 10.6. The fourth-order valence-corrected chi connectivity index (χ4v) is 1.60. The zero-order valence-electron chi connectivity index (χ0n) is 8.32. The summed E-state index contributed by atoms with van der Waals surface area (Å²) in [6.45, 7) is 1.90. The van der Waals surface area contributed by atoms with E-state index in [1.807, 2.05) is 6.92 Å². The number of nitrogens with zero attached hydrogens (tertiary/aromatic N) is 2. The maximum atomic E-state index is 11.4. The van der Waals surface area contributed by atoms with Gasteiger partial charge in [0.15, 0.2) is 0 Å². The highest BCUT2D eigenvalue weighted by molar-refractivity contribution is 6.33. The highest BCUT2D eigenvalue weighted by Gasteiger charge is 2.13. The molecule has 78 valence electrons. The lowest BCUT2D eigenvalue weighted by Crippen LogP contribution is -2.04. The number of rotatable bonds is 1. The third-order valence-corrected chi connectivity index (χ3v) is 2.50. The van der Waals surface area contributed by atoms with E-state index in [1.165, 1.54) is 7.11 Å². The number of imidazole rings is 1. The number of pyridine rings is 1. The average Bonchev–Trinajstić information content (AvgIpc) is 2.58. The van der Waals surface area contributed by atoms with E-state index in [4.69, 9.17) is 11.6 Å². The molecule has 0 radical (unpaired) electrons. The summed E-state index contributed by atoms with van der Waals surface area (Å²) >= 11 is 5.93. The Labute approximate surface area is 91.4 Å². The van der Waals surface area contributed by atoms with Crippen LogP contribution in [0.1, 0.15) is 16.1 Å². The Bertz CT molecular complexity index is 533. The first-order valence-corrected chi connectivity index (χ1v) is 4.73. The molecule has 2 aromatic heterocycles. The molecule has 2 heterocycles. The molecule has 15 heavy (non-hydrogen) atoms. The van der Waals surface area contributed by atoms with Crippen molar-refractivity contribution in [2.45, 2.75) is 6.92 Å². The van der Waals surface area contributed by atoms with Crippen LogP contribution in [0.4, 0.5) is 0 Å². The van der Waals surface area contributed by atoms with Crippen molar-refractivity contribution in [2.75, 3.05) is 7.11 Å². The van der Waals surface area contributed by atoms with Crippen molar-refractivity contribution in [3.63, 3.8) is 0 Å². The van der Waals surface area contributed by atoms with E-state index in [1.54, 1.807) is 22.9 Å². The van der Waals surface area contributed by atoms with E-state index >= 15 is 0 Å². The number of aromatic nitrogens is 2. The third kappa shape index (κ3) is 1.57. The van der Waals surface area contributed by atoms with Crippen LogP contribution in [0, 0.1) is 6.92 Å². The van der Waals surface area contributed by atoms with Crippen LogP contribution in [0.2, 0.25) is 5.02 Å². The molecule has 0 aromatic carbocycles. The van der Waals surface area contributed by atoms with Gasteiger partial charge in [-0.25, -0.2) is 9.78 Å². The summed E-state index contributed by atoms with van der Waals surface area (Å²) < 4.78 is 6.42. The maximum Gasteiger partial charge on any atom is 0.340 e. The summed E-state index contributed by atoms with van der Waals surface area (Å²) in [5, 5.41) is 0.347. The molecule has 0 saturated heterocycles. The molecule has 0 bridgehead atoms. The summed E-state index contributed by atoms with van der Waals surface area (Å²) in [5.74, 6) is -0.449. The highest BCUT2D eigenvalue weighted by Crippen LogP contribution is 2.19. The van der Waals surface area contributed by atoms with Crippen LogP contribution in [0.25, 0.3) is 5.65 Å². The summed E-state index contributed by atoms with van der Waals surface area (Å²) in [6.07, 6.45) is 3.35. The molecular weight excluding hydrogens is 216 g/mol. The maximum absolute atomic E-state index is 11.4. The number of halogens is 1. The molecular formula is C10H9ClN2O2. The molecule has 0 saturated carbocycles. The number of carbonyl (C=O) groups is 1. The number of fused-ring (bicyclic) bond motifs is 1. The van der Waals surface area contributed by atoms with Gasteiger partial charge in [-0.3, -0.25) is 0 Å². The largest absolute Gasteiger partial charge is 0.465 e. The summed E-state index contributed by atoms with van der Waals surface area (Å²) in [4.78, 5) is 15.5. The van der Waals surface area contributed by atoms with E-state index in [-0.39, 0.29) is 0 Å². The molecule has 2 rings (SSSR count). The van der Waals surface area contributed by atoms with Gasteiger partial charge in [0.1, 0.15) is 5.65 Å². The minimum absolute atomic E-state index is 0.341. The fourth-order valence-electron chi connectivity index (χ4n) is 1.38. The lowest BCUT2D eigenvalue weighted by molar-refractivity contribution is 0.0600. The van der Waals surface area contributed by atoms with Crippen LogP contribution in [-0.4, -0.2) is 22.5 Å². The Morgan fingerprint density at radius 3 is 3.00 bits per heavy atom. The number of ether oxygens (including phenoxy) is 1. The Balaban J connectivity index is 2.70. The Morgan fingerprint density at radius 1 is 1.60 bits per heavy atom. The predicted octanol–water partition coefficient (Wildman–Crippen LogP) is 2.08. The minimum Gasteiger partial charge on any atom is -0.465 e. The Morgan fingerprint density at radius 2 is 2.33 bits per heavy atom. The second-order valence-electron chi connectivity index (χ2n) is 3.15. The Hall–Kier alpha value is -1.55. The lowest BCUT2D eigenvalue weighted by Gasteiger charge is -2.04. The van der Waals surface area contributed by atoms with Crippen molar-refractivity contribution >= 4 is 23.2 Å². The first-order chi connectivity index (χ1) is 7.13. The van der Waals surface area contributed by atoms with Gasteiger partial charge in [-0.15, -0.1) is 0 Å². The second kappa shape index (κ2) is 3.55. The summed E-state index contributed by atoms with van der Waals surface area (Å²) in [7, 11) is 1.32. The lowest BCUT2D eigenvalue weighted by atomic mass is 10.3. The van der Waals surface area contributed by atoms with Gasteiger partial charge in [0.2, 0.25) is 0 Å². The monoisotopic (exact) mass is 224 g/mol.